The van der Waals surface area contributed by atoms with E-state index in [1.807, 2.05) is 48.5 Å². The number of ether oxygens (including phenoxy) is 2. The molecule has 9 nitrogen and oxygen atoms in total. The van der Waals surface area contributed by atoms with Gasteiger partial charge in [-0.15, -0.1) is 10.2 Å². The Labute approximate surface area is 201 Å². The number of hydrogen-bond acceptors (Lipinski definition) is 8. The van der Waals surface area contributed by atoms with Crippen molar-refractivity contribution < 1.29 is 23.5 Å². The van der Waals surface area contributed by atoms with Crippen LogP contribution in [0.15, 0.2) is 64.2 Å². The summed E-state index contributed by atoms with van der Waals surface area (Å²) >= 11 is 1.23. The Balaban J connectivity index is 1.07. The molecule has 10 heteroatoms. The molecule has 176 valence electrons. The van der Waals surface area contributed by atoms with Crippen molar-refractivity contribution >= 4 is 23.6 Å². The van der Waals surface area contributed by atoms with Crippen molar-refractivity contribution in [2.75, 3.05) is 38.5 Å². The minimum Gasteiger partial charge on any atom is -0.485 e. The van der Waals surface area contributed by atoms with Gasteiger partial charge in [0.15, 0.2) is 11.5 Å². The van der Waals surface area contributed by atoms with E-state index >= 15 is 0 Å². The minimum atomic E-state index is -0.671. The van der Waals surface area contributed by atoms with Crippen molar-refractivity contribution in [3.8, 4) is 11.5 Å². The molecule has 0 spiro atoms. The van der Waals surface area contributed by atoms with E-state index in [-0.39, 0.29) is 24.2 Å². The molecule has 1 saturated heterocycles. The number of fused-ring (bicyclic) bond motifs is 1. The molecule has 1 fully saturated rings. The third-order valence-electron chi connectivity index (χ3n) is 5.69. The molecular formula is C24H24N4O5S. The van der Waals surface area contributed by atoms with E-state index in [0.717, 1.165) is 5.56 Å². The molecule has 3 heterocycles. The Bertz CT molecular complexity index is 1150. The first-order chi connectivity index (χ1) is 16.7. The van der Waals surface area contributed by atoms with Gasteiger partial charge in [-0.05, 0) is 17.7 Å². The second-order valence-electron chi connectivity index (χ2n) is 7.98. The van der Waals surface area contributed by atoms with Gasteiger partial charge in [-0.3, -0.25) is 9.59 Å². The first-order valence-electron chi connectivity index (χ1n) is 11.1. The van der Waals surface area contributed by atoms with Crippen LogP contribution >= 0.6 is 11.8 Å². The molecule has 5 rings (SSSR count). The number of piperazine rings is 1. The van der Waals surface area contributed by atoms with Gasteiger partial charge in [-0.2, -0.15) is 0 Å². The lowest BCUT2D eigenvalue weighted by Gasteiger charge is -2.37. The molecule has 0 unspecified atom stereocenters. The number of benzene rings is 2. The van der Waals surface area contributed by atoms with E-state index in [4.69, 9.17) is 13.9 Å². The Hall–Kier alpha value is -3.53. The topological polar surface area (TPSA) is 98.0 Å². The highest BCUT2D eigenvalue weighted by molar-refractivity contribution is 7.99. The van der Waals surface area contributed by atoms with Gasteiger partial charge >= 0.3 is 0 Å². The van der Waals surface area contributed by atoms with Crippen molar-refractivity contribution in [3.05, 3.63) is 66.1 Å². The number of nitrogens with zero attached hydrogens (tertiary/aromatic N) is 4. The fraction of sp³-hybridized carbons (Fsp3) is 0.333. The minimum absolute atomic E-state index is 0.0221. The monoisotopic (exact) mass is 480 g/mol. The lowest BCUT2D eigenvalue weighted by Crippen LogP contribution is -2.55. The highest BCUT2D eigenvalue weighted by Crippen LogP contribution is 2.31. The van der Waals surface area contributed by atoms with E-state index < -0.39 is 6.10 Å². The largest absolute Gasteiger partial charge is 0.485 e. The van der Waals surface area contributed by atoms with Crippen molar-refractivity contribution in [2.24, 2.45) is 0 Å². The molecule has 0 saturated carbocycles. The van der Waals surface area contributed by atoms with Crippen LogP contribution in [0.3, 0.4) is 0 Å². The van der Waals surface area contributed by atoms with Crippen LogP contribution in [-0.2, 0) is 16.0 Å². The molecule has 34 heavy (non-hydrogen) atoms. The average Bonchev–Trinajstić information content (AvgIpc) is 3.34. The van der Waals surface area contributed by atoms with E-state index in [1.54, 1.807) is 15.9 Å². The molecule has 0 radical (unpaired) electrons. The number of amides is 2. The van der Waals surface area contributed by atoms with Crippen LogP contribution < -0.4 is 9.47 Å². The number of para-hydroxylation sites is 2. The molecule has 0 bridgehead atoms. The lowest BCUT2D eigenvalue weighted by atomic mass is 10.2. The highest BCUT2D eigenvalue weighted by Gasteiger charge is 2.33. The first-order valence-corrected chi connectivity index (χ1v) is 12.1. The van der Waals surface area contributed by atoms with E-state index in [0.29, 0.717) is 55.2 Å². The van der Waals surface area contributed by atoms with Crippen molar-refractivity contribution in [1.29, 1.82) is 0 Å². The maximum Gasteiger partial charge on any atom is 0.277 e. The fourth-order valence-electron chi connectivity index (χ4n) is 3.87. The smallest absolute Gasteiger partial charge is 0.277 e. The Morgan fingerprint density at radius 3 is 2.41 bits per heavy atom. The number of rotatable bonds is 6. The predicted octanol–water partition coefficient (Wildman–Crippen LogP) is 2.26. The molecule has 0 aliphatic carbocycles. The molecule has 1 aromatic heterocycles. The first kappa shape index (κ1) is 22.3. The maximum absolute atomic E-state index is 12.9. The lowest BCUT2D eigenvalue weighted by molar-refractivity contribution is -0.145. The SMILES string of the molecule is O=C(CSc1nnc(Cc2ccccc2)o1)N1CCN(C(=O)[C@H]2COc3ccccc3O2)CC1. The summed E-state index contributed by atoms with van der Waals surface area (Å²) < 4.78 is 17.1. The molecule has 0 N–H and O–H groups in total. The molecule has 2 amide bonds. The van der Waals surface area contributed by atoms with Gasteiger partial charge in [0.2, 0.25) is 17.9 Å². The van der Waals surface area contributed by atoms with Gasteiger partial charge in [0.25, 0.3) is 11.1 Å². The summed E-state index contributed by atoms with van der Waals surface area (Å²) in [6.07, 6.45) is -0.116. The zero-order valence-electron chi connectivity index (χ0n) is 18.5. The standard InChI is InChI=1S/C24H24N4O5S/c29-22(16-34-24-26-25-21(33-24)14-17-6-2-1-3-7-17)27-10-12-28(13-11-27)23(30)20-15-31-18-8-4-5-9-19(18)32-20/h1-9,20H,10-16H2/t20-/m1/s1. The van der Waals surface area contributed by atoms with Crippen molar-refractivity contribution in [3.63, 3.8) is 0 Å². The fourth-order valence-corrected chi connectivity index (χ4v) is 4.56. The van der Waals surface area contributed by atoms with Gasteiger partial charge in [0.1, 0.15) is 6.61 Å². The third kappa shape index (κ3) is 5.17. The quantitative estimate of drug-likeness (QED) is 0.496. The summed E-state index contributed by atoms with van der Waals surface area (Å²) in [7, 11) is 0. The van der Waals surface area contributed by atoms with Crippen LogP contribution in [0.5, 0.6) is 11.5 Å². The van der Waals surface area contributed by atoms with E-state index in [1.165, 1.54) is 11.8 Å². The average molecular weight is 481 g/mol. The van der Waals surface area contributed by atoms with Gasteiger partial charge < -0.3 is 23.7 Å². The number of carbonyl (C=O) groups is 2. The molecule has 2 aliphatic rings. The number of aromatic nitrogens is 2. The van der Waals surface area contributed by atoms with Gasteiger partial charge in [0.05, 0.1) is 12.2 Å². The second kappa shape index (κ2) is 10.2. The zero-order chi connectivity index (χ0) is 23.3. The molecule has 3 aromatic rings. The molecule has 2 aromatic carbocycles. The summed E-state index contributed by atoms with van der Waals surface area (Å²) in [5.41, 5.74) is 1.08. The van der Waals surface area contributed by atoms with Gasteiger partial charge in [-0.1, -0.05) is 54.2 Å². The van der Waals surface area contributed by atoms with Crippen molar-refractivity contribution in [2.45, 2.75) is 17.7 Å². The molecule has 2 aliphatic heterocycles. The van der Waals surface area contributed by atoms with Crippen LogP contribution in [0.1, 0.15) is 11.5 Å². The summed E-state index contributed by atoms with van der Waals surface area (Å²) in [6, 6.07) is 17.2. The summed E-state index contributed by atoms with van der Waals surface area (Å²) in [4.78, 5) is 29.0. The highest BCUT2D eigenvalue weighted by atomic mass is 32.2. The van der Waals surface area contributed by atoms with Crippen LogP contribution in [-0.4, -0.2) is 76.5 Å². The number of hydrogen-bond donors (Lipinski definition) is 0. The number of thioether (sulfide) groups is 1. The number of carbonyl (C=O) groups excluding carboxylic acids is 2. The normalized spacial score (nSPS) is 17.5. The van der Waals surface area contributed by atoms with Gasteiger partial charge in [-0.25, -0.2) is 0 Å². The Kier molecular flexibility index (Phi) is 6.66. The summed E-state index contributed by atoms with van der Waals surface area (Å²) in [5, 5.41) is 8.47. The van der Waals surface area contributed by atoms with Gasteiger partial charge in [0, 0.05) is 26.2 Å². The predicted molar refractivity (Wildman–Crippen MR) is 124 cm³/mol. The molecule has 1 atom stereocenters. The van der Waals surface area contributed by atoms with Crippen LogP contribution in [0.25, 0.3) is 0 Å². The van der Waals surface area contributed by atoms with E-state index in [2.05, 4.69) is 10.2 Å². The zero-order valence-corrected chi connectivity index (χ0v) is 19.3. The Morgan fingerprint density at radius 1 is 0.912 bits per heavy atom. The van der Waals surface area contributed by atoms with Crippen molar-refractivity contribution in [1.82, 2.24) is 20.0 Å². The van der Waals surface area contributed by atoms with Crippen LogP contribution in [0.4, 0.5) is 0 Å². The Morgan fingerprint density at radius 2 is 1.62 bits per heavy atom. The molecular weight excluding hydrogens is 456 g/mol. The van der Waals surface area contributed by atoms with Crippen LogP contribution in [0.2, 0.25) is 0 Å². The second-order valence-corrected chi connectivity index (χ2v) is 8.91. The maximum atomic E-state index is 12.9. The van der Waals surface area contributed by atoms with Crippen LogP contribution in [0, 0.1) is 0 Å². The third-order valence-corrected chi connectivity index (χ3v) is 6.50. The summed E-state index contributed by atoms with van der Waals surface area (Å²) in [5.74, 6) is 1.81. The van der Waals surface area contributed by atoms with E-state index in [9.17, 15) is 9.59 Å². The summed E-state index contributed by atoms with van der Waals surface area (Å²) in [6.45, 7) is 2.04.